The van der Waals surface area contributed by atoms with Crippen LogP contribution in [-0.4, -0.2) is 12.1 Å². The highest BCUT2D eigenvalue weighted by molar-refractivity contribution is 6.32. The van der Waals surface area contributed by atoms with Gasteiger partial charge in [-0.1, -0.05) is 11.6 Å². The van der Waals surface area contributed by atoms with Crippen LogP contribution in [0.3, 0.4) is 0 Å². The molecule has 0 heterocycles. The molecule has 0 bridgehead atoms. The molecule has 0 amide bonds. The number of benzene rings is 1. The molecular weight excluding hydrogens is 202 g/mol. The predicted octanol–water partition coefficient (Wildman–Crippen LogP) is 2.23. The number of rotatable bonds is 2. The van der Waals surface area contributed by atoms with E-state index >= 15 is 0 Å². The van der Waals surface area contributed by atoms with Gasteiger partial charge in [0.2, 0.25) is 0 Å². The van der Waals surface area contributed by atoms with Crippen molar-refractivity contribution in [3.8, 4) is 6.07 Å². The highest BCUT2D eigenvalue weighted by Gasteiger charge is 2.10. The average molecular weight is 208 g/mol. The van der Waals surface area contributed by atoms with Crippen LogP contribution in [0.25, 0.3) is 0 Å². The lowest BCUT2D eigenvalue weighted by Crippen LogP contribution is -2.00. The maximum atomic E-state index is 11.1. The molecule has 0 saturated carbocycles. The number of aldehydes is 1. The van der Waals surface area contributed by atoms with Crippen molar-refractivity contribution in [3.05, 3.63) is 33.8 Å². The molecule has 4 heteroatoms. The second kappa shape index (κ2) is 4.03. The van der Waals surface area contributed by atoms with E-state index in [-0.39, 0.29) is 27.5 Å². The zero-order valence-corrected chi connectivity index (χ0v) is 8.13. The van der Waals surface area contributed by atoms with Crippen LogP contribution in [0.15, 0.2) is 12.1 Å². The van der Waals surface area contributed by atoms with Crippen molar-refractivity contribution in [2.45, 2.75) is 6.92 Å². The monoisotopic (exact) mass is 207 g/mol. The third-order valence-electron chi connectivity index (χ3n) is 1.77. The van der Waals surface area contributed by atoms with E-state index in [0.29, 0.717) is 6.29 Å². The minimum absolute atomic E-state index is 0.180. The van der Waals surface area contributed by atoms with Crippen LogP contribution in [0.4, 0.5) is 0 Å². The molecule has 1 rings (SSSR count). The van der Waals surface area contributed by atoms with Crippen molar-refractivity contribution in [3.63, 3.8) is 0 Å². The van der Waals surface area contributed by atoms with Crippen LogP contribution in [0, 0.1) is 11.3 Å². The Labute approximate surface area is 85.9 Å². The molecule has 0 N–H and O–H groups in total. The zero-order chi connectivity index (χ0) is 10.7. The summed E-state index contributed by atoms with van der Waals surface area (Å²) in [4.78, 5) is 21.7. The molecule has 0 aromatic heterocycles. The Balaban J connectivity index is 3.49. The van der Waals surface area contributed by atoms with Gasteiger partial charge in [0.25, 0.3) is 0 Å². The van der Waals surface area contributed by atoms with Crippen LogP contribution in [0.5, 0.6) is 0 Å². The van der Waals surface area contributed by atoms with Gasteiger partial charge in [-0.2, -0.15) is 5.26 Å². The Morgan fingerprint density at radius 1 is 1.57 bits per heavy atom. The molecule has 0 atom stereocenters. The highest BCUT2D eigenvalue weighted by Crippen LogP contribution is 2.20. The first-order chi connectivity index (χ1) is 6.60. The van der Waals surface area contributed by atoms with E-state index in [0.717, 1.165) is 0 Å². The summed E-state index contributed by atoms with van der Waals surface area (Å²) < 4.78 is 0. The van der Waals surface area contributed by atoms with E-state index in [1.165, 1.54) is 19.1 Å². The summed E-state index contributed by atoms with van der Waals surface area (Å²) in [5, 5.41) is 8.83. The van der Waals surface area contributed by atoms with Crippen LogP contribution in [-0.2, 0) is 0 Å². The van der Waals surface area contributed by atoms with Gasteiger partial charge in [0.1, 0.15) is 6.07 Å². The summed E-state index contributed by atoms with van der Waals surface area (Å²) in [5.74, 6) is -0.264. The molecule has 0 aliphatic heterocycles. The van der Waals surface area contributed by atoms with E-state index in [2.05, 4.69) is 0 Å². The smallest absolute Gasteiger partial charge is 0.160 e. The molecule has 1 aromatic carbocycles. The SMILES string of the molecule is CC(=O)c1cc(C#N)c(Cl)cc1C=O. The second-order valence-electron chi connectivity index (χ2n) is 2.71. The van der Waals surface area contributed by atoms with Crippen LogP contribution < -0.4 is 0 Å². The largest absolute Gasteiger partial charge is 0.298 e. The summed E-state index contributed by atoms with van der Waals surface area (Å²) in [6, 6.07) is 4.49. The highest BCUT2D eigenvalue weighted by atomic mass is 35.5. The quantitative estimate of drug-likeness (QED) is 0.552. The Morgan fingerprint density at radius 3 is 2.64 bits per heavy atom. The van der Waals surface area contributed by atoms with Crippen molar-refractivity contribution < 1.29 is 9.59 Å². The zero-order valence-electron chi connectivity index (χ0n) is 7.37. The molecule has 0 radical (unpaired) electrons. The van der Waals surface area contributed by atoms with Crippen LogP contribution in [0.2, 0.25) is 5.02 Å². The second-order valence-corrected chi connectivity index (χ2v) is 3.11. The summed E-state index contributed by atoms with van der Waals surface area (Å²) in [6.07, 6.45) is 0.545. The molecule has 1 aromatic rings. The Hall–Kier alpha value is -1.66. The summed E-state index contributed by atoms with van der Waals surface area (Å²) in [6.45, 7) is 1.33. The molecule has 0 saturated heterocycles. The number of carbonyl (C=O) groups excluding carboxylic acids is 2. The van der Waals surface area contributed by atoms with Crippen molar-refractivity contribution >= 4 is 23.7 Å². The van der Waals surface area contributed by atoms with Crippen molar-refractivity contribution in [2.24, 2.45) is 0 Å². The topological polar surface area (TPSA) is 57.9 Å². The van der Waals surface area contributed by atoms with Crippen LogP contribution in [0.1, 0.15) is 33.2 Å². The first-order valence-electron chi connectivity index (χ1n) is 3.80. The Morgan fingerprint density at radius 2 is 2.21 bits per heavy atom. The maximum absolute atomic E-state index is 11.1. The first-order valence-corrected chi connectivity index (χ1v) is 4.17. The van der Waals surface area contributed by atoms with Gasteiger partial charge < -0.3 is 0 Å². The number of halogens is 1. The van der Waals surface area contributed by atoms with Gasteiger partial charge in [-0.15, -0.1) is 0 Å². The molecule has 3 nitrogen and oxygen atoms in total. The number of hydrogen-bond donors (Lipinski definition) is 0. The molecule has 0 unspecified atom stereocenters. The molecule has 70 valence electrons. The fourth-order valence-corrected chi connectivity index (χ4v) is 1.29. The van der Waals surface area contributed by atoms with E-state index < -0.39 is 0 Å². The first kappa shape index (κ1) is 10.4. The average Bonchev–Trinajstić information content (AvgIpc) is 2.16. The van der Waals surface area contributed by atoms with Crippen LogP contribution >= 0.6 is 11.6 Å². The third kappa shape index (κ3) is 1.81. The molecule has 0 aliphatic rings. The minimum atomic E-state index is -0.264. The van der Waals surface area contributed by atoms with Crippen molar-refractivity contribution in [1.82, 2.24) is 0 Å². The van der Waals surface area contributed by atoms with Gasteiger partial charge in [0.05, 0.1) is 10.6 Å². The van der Waals surface area contributed by atoms with E-state index in [9.17, 15) is 9.59 Å². The normalized spacial score (nSPS) is 9.21. The predicted molar refractivity (Wildman–Crippen MR) is 51.6 cm³/mol. The molecule has 0 spiro atoms. The van der Waals surface area contributed by atoms with Gasteiger partial charge in [0, 0.05) is 11.1 Å². The number of carbonyl (C=O) groups is 2. The minimum Gasteiger partial charge on any atom is -0.298 e. The van der Waals surface area contributed by atoms with Gasteiger partial charge in [-0.05, 0) is 19.1 Å². The number of nitrogens with zero attached hydrogens (tertiary/aromatic N) is 1. The number of hydrogen-bond acceptors (Lipinski definition) is 3. The fourth-order valence-electron chi connectivity index (χ4n) is 1.08. The summed E-state index contributed by atoms with van der Waals surface area (Å²) >= 11 is 5.69. The van der Waals surface area contributed by atoms with Gasteiger partial charge in [-0.3, -0.25) is 9.59 Å². The Bertz CT molecular complexity index is 446. The van der Waals surface area contributed by atoms with Crippen molar-refractivity contribution in [1.29, 1.82) is 5.26 Å². The molecule has 0 fully saturated rings. The lowest BCUT2D eigenvalue weighted by molar-refractivity contribution is 0.101. The summed E-state index contributed by atoms with van der Waals surface area (Å²) in [5.41, 5.74) is 0.630. The fraction of sp³-hybridized carbons (Fsp3) is 0.100. The number of Topliss-reactive ketones (excluding diaryl/α,β-unsaturated/α-hetero) is 1. The molecule has 0 aliphatic carbocycles. The standard InChI is InChI=1S/C10H6ClNO2/c1-6(14)9-2-7(4-12)10(11)3-8(9)5-13/h2-3,5H,1H3. The maximum Gasteiger partial charge on any atom is 0.160 e. The van der Waals surface area contributed by atoms with E-state index in [1.54, 1.807) is 0 Å². The number of ketones is 1. The van der Waals surface area contributed by atoms with Crippen molar-refractivity contribution in [2.75, 3.05) is 0 Å². The lowest BCUT2D eigenvalue weighted by atomic mass is 10.0. The van der Waals surface area contributed by atoms with E-state index in [1.807, 2.05) is 6.07 Å². The van der Waals surface area contributed by atoms with Gasteiger partial charge >= 0.3 is 0 Å². The third-order valence-corrected chi connectivity index (χ3v) is 2.08. The number of nitriles is 1. The lowest BCUT2D eigenvalue weighted by Gasteiger charge is -2.02. The van der Waals surface area contributed by atoms with Gasteiger partial charge in [0.15, 0.2) is 12.1 Å². The molecular formula is C10H6ClNO2. The van der Waals surface area contributed by atoms with Gasteiger partial charge in [-0.25, -0.2) is 0 Å². The van der Waals surface area contributed by atoms with E-state index in [4.69, 9.17) is 16.9 Å². The summed E-state index contributed by atoms with van der Waals surface area (Å²) in [7, 11) is 0. The Kier molecular flexibility index (Phi) is 3.00. The molecule has 14 heavy (non-hydrogen) atoms.